The molecule has 1 N–H and O–H groups in total. The summed E-state index contributed by atoms with van der Waals surface area (Å²) in [6, 6.07) is 6.88. The summed E-state index contributed by atoms with van der Waals surface area (Å²) >= 11 is 6.06. The summed E-state index contributed by atoms with van der Waals surface area (Å²) < 4.78 is 0. The molecule has 116 valence electrons. The first kappa shape index (κ1) is 15.3. The average Bonchev–Trinajstić information content (AvgIpc) is 2.87. The molecule has 1 fully saturated rings. The Hall–Kier alpha value is -0.610. The number of halogens is 1. The van der Waals surface area contributed by atoms with Gasteiger partial charge in [-0.1, -0.05) is 17.7 Å². The fraction of sp³-hybridized carbons (Fsp3) is 0.647. The smallest absolute Gasteiger partial charge is 0.0408 e. The Morgan fingerprint density at radius 1 is 1.24 bits per heavy atom. The lowest BCUT2D eigenvalue weighted by Crippen LogP contribution is -2.45. The van der Waals surface area contributed by atoms with Crippen molar-refractivity contribution in [2.45, 2.75) is 25.3 Å². The van der Waals surface area contributed by atoms with Gasteiger partial charge in [0.1, 0.15) is 0 Å². The third kappa shape index (κ3) is 3.98. The van der Waals surface area contributed by atoms with Crippen molar-refractivity contribution >= 4 is 11.6 Å². The van der Waals surface area contributed by atoms with E-state index in [9.17, 15) is 0 Å². The monoisotopic (exact) mass is 307 g/mol. The number of nitrogens with one attached hydrogen (secondary N) is 1. The van der Waals surface area contributed by atoms with Gasteiger partial charge in [0.2, 0.25) is 0 Å². The maximum atomic E-state index is 6.06. The molecule has 3 nitrogen and oxygen atoms in total. The Balaban J connectivity index is 1.39. The van der Waals surface area contributed by atoms with E-state index in [-0.39, 0.29) is 0 Å². The van der Waals surface area contributed by atoms with Gasteiger partial charge in [-0.3, -0.25) is 0 Å². The Kier molecular flexibility index (Phi) is 5.17. The van der Waals surface area contributed by atoms with Crippen LogP contribution in [0.5, 0.6) is 0 Å². The van der Waals surface area contributed by atoms with Crippen LogP contribution in [0.2, 0.25) is 5.02 Å². The Labute approximate surface area is 133 Å². The molecule has 1 aliphatic carbocycles. The molecule has 1 unspecified atom stereocenters. The van der Waals surface area contributed by atoms with E-state index in [1.165, 1.54) is 56.7 Å². The molecule has 1 atom stereocenters. The van der Waals surface area contributed by atoms with E-state index in [4.69, 9.17) is 11.6 Å². The normalized spacial score (nSPS) is 23.4. The van der Waals surface area contributed by atoms with Crippen molar-refractivity contribution in [1.29, 1.82) is 0 Å². The third-order valence-electron chi connectivity index (χ3n) is 4.82. The van der Waals surface area contributed by atoms with Crippen molar-refractivity contribution in [3.8, 4) is 0 Å². The van der Waals surface area contributed by atoms with Crippen LogP contribution < -0.4 is 5.32 Å². The molecule has 0 radical (unpaired) electrons. The van der Waals surface area contributed by atoms with Crippen LogP contribution in [-0.2, 0) is 6.42 Å². The molecule has 0 spiro atoms. The molecule has 1 aliphatic heterocycles. The molecule has 0 amide bonds. The van der Waals surface area contributed by atoms with Gasteiger partial charge in [0.05, 0.1) is 0 Å². The van der Waals surface area contributed by atoms with E-state index in [1.807, 2.05) is 6.07 Å². The summed E-state index contributed by atoms with van der Waals surface area (Å²) in [4.78, 5) is 5.00. The average molecular weight is 308 g/mol. The highest BCUT2D eigenvalue weighted by Gasteiger charge is 2.21. The summed E-state index contributed by atoms with van der Waals surface area (Å²) in [6.45, 7) is 7.21. The number of nitrogens with zero attached hydrogens (tertiary/aromatic N) is 2. The highest BCUT2D eigenvalue weighted by atomic mass is 35.5. The van der Waals surface area contributed by atoms with Gasteiger partial charge in [-0.25, -0.2) is 0 Å². The molecule has 2 aliphatic rings. The van der Waals surface area contributed by atoms with Gasteiger partial charge in [0.25, 0.3) is 0 Å². The maximum Gasteiger partial charge on any atom is 0.0408 e. The molecule has 1 saturated heterocycles. The number of aryl methyl sites for hydroxylation is 1. The van der Waals surface area contributed by atoms with Crippen LogP contribution in [0.15, 0.2) is 18.2 Å². The predicted octanol–water partition coefficient (Wildman–Crippen LogP) is 2.55. The minimum absolute atomic E-state index is 0.532. The van der Waals surface area contributed by atoms with Gasteiger partial charge in [-0.05, 0) is 62.7 Å². The van der Waals surface area contributed by atoms with Crippen LogP contribution in [0.3, 0.4) is 0 Å². The fourth-order valence-electron chi connectivity index (χ4n) is 3.45. The lowest BCUT2D eigenvalue weighted by Gasteiger charge is -2.32. The largest absolute Gasteiger partial charge is 0.310 e. The lowest BCUT2D eigenvalue weighted by molar-refractivity contribution is 0.152. The molecule has 1 aromatic carbocycles. The van der Waals surface area contributed by atoms with Crippen LogP contribution in [0.25, 0.3) is 0 Å². The third-order valence-corrected chi connectivity index (χ3v) is 5.06. The van der Waals surface area contributed by atoms with Crippen molar-refractivity contribution in [3.63, 3.8) is 0 Å². The first-order valence-electron chi connectivity index (χ1n) is 8.15. The summed E-state index contributed by atoms with van der Waals surface area (Å²) in [5.41, 5.74) is 2.89. The number of benzene rings is 1. The minimum Gasteiger partial charge on any atom is -0.310 e. The number of hydrogen-bond donors (Lipinski definition) is 1. The summed E-state index contributed by atoms with van der Waals surface area (Å²) in [5, 5.41) is 4.59. The van der Waals surface area contributed by atoms with Crippen LogP contribution in [0, 0.1) is 0 Å². The lowest BCUT2D eigenvalue weighted by atomic mass is 10.1. The first-order valence-corrected chi connectivity index (χ1v) is 8.53. The number of fused-ring (bicyclic) bond motifs is 1. The second-order valence-corrected chi connectivity index (χ2v) is 6.82. The highest BCUT2D eigenvalue weighted by Crippen LogP contribution is 2.32. The minimum atomic E-state index is 0.532. The van der Waals surface area contributed by atoms with E-state index in [1.54, 1.807) is 0 Å². The zero-order valence-electron chi connectivity index (χ0n) is 12.9. The van der Waals surface area contributed by atoms with Gasteiger partial charge < -0.3 is 15.1 Å². The predicted molar refractivity (Wildman–Crippen MR) is 89.1 cm³/mol. The van der Waals surface area contributed by atoms with E-state index in [0.29, 0.717) is 6.04 Å². The topological polar surface area (TPSA) is 18.5 Å². The van der Waals surface area contributed by atoms with Gasteiger partial charge in [0, 0.05) is 37.2 Å². The SMILES string of the molecule is CN1CCN(CCCNC2CCc3cc(Cl)ccc32)CC1. The van der Waals surface area contributed by atoms with Gasteiger partial charge in [0.15, 0.2) is 0 Å². The molecule has 3 rings (SSSR count). The van der Waals surface area contributed by atoms with E-state index in [2.05, 4.69) is 34.3 Å². The molecular formula is C17H26ClN3. The zero-order valence-corrected chi connectivity index (χ0v) is 13.7. The van der Waals surface area contributed by atoms with E-state index < -0.39 is 0 Å². The Morgan fingerprint density at radius 3 is 2.86 bits per heavy atom. The Morgan fingerprint density at radius 2 is 2.05 bits per heavy atom. The number of hydrogen-bond acceptors (Lipinski definition) is 3. The number of rotatable bonds is 5. The standard InChI is InChI=1S/C17H26ClN3/c1-20-9-11-21(12-10-20)8-2-7-19-17-6-3-14-13-15(18)4-5-16(14)17/h4-5,13,17,19H,2-3,6-12H2,1H3. The molecule has 21 heavy (non-hydrogen) atoms. The van der Waals surface area contributed by atoms with E-state index in [0.717, 1.165) is 18.0 Å². The first-order chi connectivity index (χ1) is 10.2. The van der Waals surface area contributed by atoms with Crippen LogP contribution in [0.1, 0.15) is 30.0 Å². The van der Waals surface area contributed by atoms with Gasteiger partial charge in [-0.2, -0.15) is 0 Å². The quantitative estimate of drug-likeness (QED) is 0.844. The molecule has 1 heterocycles. The number of likely N-dealkylation sites (N-methyl/N-ethyl adjacent to an activating group) is 1. The van der Waals surface area contributed by atoms with Crippen molar-refractivity contribution in [2.24, 2.45) is 0 Å². The van der Waals surface area contributed by atoms with Crippen molar-refractivity contribution in [1.82, 2.24) is 15.1 Å². The summed E-state index contributed by atoms with van der Waals surface area (Å²) in [6.07, 6.45) is 3.61. The van der Waals surface area contributed by atoms with Crippen molar-refractivity contribution < 1.29 is 0 Å². The maximum absolute atomic E-state index is 6.06. The highest BCUT2D eigenvalue weighted by molar-refractivity contribution is 6.30. The van der Waals surface area contributed by atoms with Gasteiger partial charge in [-0.15, -0.1) is 0 Å². The zero-order chi connectivity index (χ0) is 14.7. The van der Waals surface area contributed by atoms with Crippen LogP contribution in [-0.4, -0.2) is 56.1 Å². The fourth-order valence-corrected chi connectivity index (χ4v) is 3.64. The molecule has 0 bridgehead atoms. The van der Waals surface area contributed by atoms with Gasteiger partial charge >= 0.3 is 0 Å². The molecule has 4 heteroatoms. The molecule has 0 saturated carbocycles. The number of piperazine rings is 1. The van der Waals surface area contributed by atoms with E-state index >= 15 is 0 Å². The molecule has 1 aromatic rings. The van der Waals surface area contributed by atoms with Crippen molar-refractivity contribution in [2.75, 3.05) is 46.3 Å². The molecular weight excluding hydrogens is 282 g/mol. The van der Waals surface area contributed by atoms with Crippen LogP contribution >= 0.6 is 11.6 Å². The summed E-state index contributed by atoms with van der Waals surface area (Å²) in [5.74, 6) is 0. The summed E-state index contributed by atoms with van der Waals surface area (Å²) in [7, 11) is 2.21. The van der Waals surface area contributed by atoms with Crippen molar-refractivity contribution in [3.05, 3.63) is 34.3 Å². The Bertz CT molecular complexity index is 469. The molecule has 0 aromatic heterocycles. The van der Waals surface area contributed by atoms with Crippen LogP contribution in [0.4, 0.5) is 0 Å². The second kappa shape index (κ2) is 7.10. The second-order valence-electron chi connectivity index (χ2n) is 6.39.